The molecule has 0 radical (unpaired) electrons. The molecule has 0 bridgehead atoms. The minimum absolute atomic E-state index is 0.391. The number of nitrogens with one attached hydrogen (secondary N) is 1. The molecule has 2 rings (SSSR count). The zero-order chi connectivity index (χ0) is 19.6. The maximum Gasteiger partial charge on any atom is 0.247 e. The first-order chi connectivity index (χ1) is 12.0. The maximum atomic E-state index is 12.7. The Bertz CT molecular complexity index is 942. The van der Waals surface area contributed by atoms with Crippen molar-refractivity contribution in [2.45, 2.75) is 33.7 Å². The summed E-state index contributed by atoms with van der Waals surface area (Å²) in [6, 6.07) is 10.1. The van der Waals surface area contributed by atoms with Crippen molar-refractivity contribution >= 4 is 43.2 Å². The van der Waals surface area contributed by atoms with Crippen LogP contribution in [-0.2, 0) is 14.8 Å². The van der Waals surface area contributed by atoms with Crippen LogP contribution in [0.2, 0.25) is 0 Å². The molecule has 0 fully saturated rings. The molecule has 7 heteroatoms. The highest BCUT2D eigenvalue weighted by Gasteiger charge is 2.30. The number of carbonyl (C=O) groups excluding carboxylic acids is 1. The lowest BCUT2D eigenvalue weighted by molar-refractivity contribution is -0.116. The fraction of sp³-hybridized carbons (Fsp3) is 0.316. The normalized spacial score (nSPS) is 12.5. The van der Waals surface area contributed by atoms with E-state index in [9.17, 15) is 13.2 Å². The van der Waals surface area contributed by atoms with Crippen molar-refractivity contribution in [3.8, 4) is 0 Å². The number of aryl methyl sites for hydroxylation is 3. The van der Waals surface area contributed by atoms with E-state index in [0.29, 0.717) is 11.4 Å². The van der Waals surface area contributed by atoms with Crippen LogP contribution in [0, 0.1) is 20.8 Å². The summed E-state index contributed by atoms with van der Waals surface area (Å²) >= 11 is 3.42. The lowest BCUT2D eigenvalue weighted by Gasteiger charge is -2.29. The number of hydrogen-bond acceptors (Lipinski definition) is 3. The number of rotatable bonds is 5. The highest BCUT2D eigenvalue weighted by molar-refractivity contribution is 9.10. The molecule has 0 spiro atoms. The van der Waals surface area contributed by atoms with Crippen LogP contribution in [0.4, 0.5) is 11.4 Å². The second-order valence-electron chi connectivity index (χ2n) is 6.48. The van der Waals surface area contributed by atoms with Crippen molar-refractivity contribution in [2.24, 2.45) is 0 Å². The molecule has 26 heavy (non-hydrogen) atoms. The Kier molecular flexibility index (Phi) is 6.13. The molecule has 2 aromatic carbocycles. The van der Waals surface area contributed by atoms with Crippen molar-refractivity contribution in [2.75, 3.05) is 15.9 Å². The summed E-state index contributed by atoms with van der Waals surface area (Å²) in [7, 11) is -3.64. The van der Waals surface area contributed by atoms with E-state index in [2.05, 4.69) is 21.2 Å². The fourth-order valence-corrected chi connectivity index (χ4v) is 4.18. The van der Waals surface area contributed by atoms with Crippen LogP contribution in [0.25, 0.3) is 0 Å². The third-order valence-corrected chi connectivity index (χ3v) is 6.23. The Balaban J connectivity index is 2.37. The molecular weight excluding hydrogens is 416 g/mol. The molecule has 0 aliphatic heterocycles. The van der Waals surface area contributed by atoms with Crippen molar-refractivity contribution in [3.63, 3.8) is 0 Å². The van der Waals surface area contributed by atoms with Gasteiger partial charge in [0.1, 0.15) is 6.04 Å². The highest BCUT2D eigenvalue weighted by Crippen LogP contribution is 2.27. The number of amides is 1. The van der Waals surface area contributed by atoms with E-state index in [0.717, 1.165) is 27.4 Å². The molecule has 2 aromatic rings. The van der Waals surface area contributed by atoms with Gasteiger partial charge in [0, 0.05) is 10.2 Å². The molecule has 0 saturated carbocycles. The first-order valence-electron chi connectivity index (χ1n) is 8.14. The smallest absolute Gasteiger partial charge is 0.247 e. The lowest BCUT2D eigenvalue weighted by atomic mass is 10.1. The van der Waals surface area contributed by atoms with Gasteiger partial charge in [-0.1, -0.05) is 28.1 Å². The maximum absolute atomic E-state index is 12.7. The predicted molar refractivity (Wildman–Crippen MR) is 110 cm³/mol. The Labute approximate surface area is 163 Å². The van der Waals surface area contributed by atoms with Gasteiger partial charge in [0.25, 0.3) is 0 Å². The quantitative estimate of drug-likeness (QED) is 0.761. The zero-order valence-electron chi connectivity index (χ0n) is 15.5. The number of halogens is 1. The molecule has 0 aromatic heterocycles. The summed E-state index contributed by atoms with van der Waals surface area (Å²) in [5.74, 6) is -0.391. The van der Waals surface area contributed by atoms with E-state index in [1.54, 1.807) is 19.1 Å². The fourth-order valence-electron chi connectivity index (χ4n) is 2.71. The Morgan fingerprint density at radius 2 is 1.73 bits per heavy atom. The van der Waals surface area contributed by atoms with Crippen LogP contribution in [0.3, 0.4) is 0 Å². The third-order valence-electron chi connectivity index (χ3n) is 4.12. The van der Waals surface area contributed by atoms with Crippen molar-refractivity contribution < 1.29 is 13.2 Å². The molecule has 0 unspecified atom stereocenters. The molecule has 140 valence electrons. The van der Waals surface area contributed by atoms with Gasteiger partial charge in [-0.3, -0.25) is 9.10 Å². The van der Waals surface area contributed by atoms with Gasteiger partial charge in [0.15, 0.2) is 0 Å². The molecule has 0 heterocycles. The number of sulfonamides is 1. The molecular formula is C19H23BrN2O3S. The van der Waals surface area contributed by atoms with Crippen LogP contribution in [-0.4, -0.2) is 26.6 Å². The standard InChI is InChI=1S/C19H23BrN2O3S/c1-12-6-7-13(2)18(10-12)22(26(5,24)25)15(4)19(23)21-16-8-9-17(20)14(3)11-16/h6-11,15H,1-5H3,(H,21,23)/t15-/m1/s1. The van der Waals surface area contributed by atoms with Gasteiger partial charge >= 0.3 is 0 Å². The number of nitrogens with zero attached hydrogens (tertiary/aromatic N) is 1. The number of benzene rings is 2. The number of anilines is 2. The van der Waals surface area contributed by atoms with E-state index in [-0.39, 0.29) is 0 Å². The first kappa shape index (κ1) is 20.5. The summed E-state index contributed by atoms with van der Waals surface area (Å²) < 4.78 is 27.0. The molecule has 1 N–H and O–H groups in total. The first-order valence-corrected chi connectivity index (χ1v) is 10.8. The van der Waals surface area contributed by atoms with Gasteiger partial charge in [0.05, 0.1) is 11.9 Å². The summed E-state index contributed by atoms with van der Waals surface area (Å²) in [6.45, 7) is 7.22. The number of carbonyl (C=O) groups is 1. The second-order valence-corrected chi connectivity index (χ2v) is 9.19. The predicted octanol–water partition coefficient (Wildman–Crippen LogP) is 4.17. The molecule has 1 atom stereocenters. The third kappa shape index (κ3) is 4.65. The molecule has 1 amide bonds. The van der Waals surface area contributed by atoms with Gasteiger partial charge < -0.3 is 5.32 Å². The Morgan fingerprint density at radius 3 is 2.31 bits per heavy atom. The lowest BCUT2D eigenvalue weighted by Crippen LogP contribution is -2.45. The van der Waals surface area contributed by atoms with Crippen LogP contribution in [0.5, 0.6) is 0 Å². The van der Waals surface area contributed by atoms with Crippen LogP contribution < -0.4 is 9.62 Å². The van der Waals surface area contributed by atoms with Gasteiger partial charge in [0.2, 0.25) is 15.9 Å². The van der Waals surface area contributed by atoms with Crippen LogP contribution in [0.1, 0.15) is 23.6 Å². The topological polar surface area (TPSA) is 66.5 Å². The summed E-state index contributed by atoms with van der Waals surface area (Å²) in [5.41, 5.74) is 3.83. The van der Waals surface area contributed by atoms with Crippen LogP contribution >= 0.6 is 15.9 Å². The minimum Gasteiger partial charge on any atom is -0.324 e. The second kappa shape index (κ2) is 7.80. The van der Waals surface area contributed by atoms with Crippen molar-refractivity contribution in [1.82, 2.24) is 0 Å². The average Bonchev–Trinajstić information content (AvgIpc) is 2.53. The van der Waals surface area contributed by atoms with Crippen molar-refractivity contribution in [3.05, 3.63) is 57.6 Å². The van der Waals surface area contributed by atoms with Gasteiger partial charge in [-0.05, 0) is 68.7 Å². The van der Waals surface area contributed by atoms with Gasteiger partial charge in [-0.25, -0.2) is 8.42 Å². The zero-order valence-corrected chi connectivity index (χ0v) is 17.9. The Hall–Kier alpha value is -1.86. The molecule has 5 nitrogen and oxygen atoms in total. The summed E-state index contributed by atoms with van der Waals surface area (Å²) in [5, 5.41) is 2.80. The van der Waals surface area contributed by atoms with Gasteiger partial charge in [-0.2, -0.15) is 0 Å². The Morgan fingerprint density at radius 1 is 1.08 bits per heavy atom. The van der Waals surface area contributed by atoms with E-state index < -0.39 is 22.0 Å². The van der Waals surface area contributed by atoms with E-state index in [4.69, 9.17) is 0 Å². The molecule has 0 aliphatic rings. The van der Waals surface area contributed by atoms with E-state index in [1.807, 2.05) is 45.0 Å². The number of hydrogen-bond donors (Lipinski definition) is 1. The molecule has 0 saturated heterocycles. The average molecular weight is 439 g/mol. The van der Waals surface area contributed by atoms with E-state index >= 15 is 0 Å². The van der Waals surface area contributed by atoms with Crippen molar-refractivity contribution in [1.29, 1.82) is 0 Å². The minimum atomic E-state index is -3.64. The monoisotopic (exact) mass is 438 g/mol. The highest BCUT2D eigenvalue weighted by atomic mass is 79.9. The molecule has 0 aliphatic carbocycles. The van der Waals surface area contributed by atoms with Gasteiger partial charge in [-0.15, -0.1) is 0 Å². The largest absolute Gasteiger partial charge is 0.324 e. The van der Waals surface area contributed by atoms with E-state index in [1.165, 1.54) is 4.31 Å². The summed E-state index contributed by atoms with van der Waals surface area (Å²) in [6.07, 6.45) is 1.11. The van der Waals surface area contributed by atoms with Crippen LogP contribution in [0.15, 0.2) is 40.9 Å². The summed E-state index contributed by atoms with van der Waals surface area (Å²) in [4.78, 5) is 12.7. The SMILES string of the molecule is Cc1ccc(C)c(N([C@H](C)C(=O)Nc2ccc(Br)c(C)c2)S(C)(=O)=O)c1.